The van der Waals surface area contributed by atoms with E-state index in [1.807, 2.05) is 38.2 Å². The van der Waals surface area contributed by atoms with Crippen LogP contribution in [-0.2, 0) is 11.2 Å². The van der Waals surface area contributed by atoms with Crippen LogP contribution in [0, 0.1) is 6.92 Å². The van der Waals surface area contributed by atoms with Crippen molar-refractivity contribution in [3.05, 3.63) is 57.8 Å². The smallest absolute Gasteiger partial charge is 0.253 e. The summed E-state index contributed by atoms with van der Waals surface area (Å²) in [5.74, 6) is 1.86. The average molecular weight is 408 g/mol. The van der Waals surface area contributed by atoms with E-state index in [1.54, 1.807) is 17.6 Å². The minimum atomic E-state index is -1.49. The van der Waals surface area contributed by atoms with E-state index in [9.17, 15) is 9.18 Å². The Hall–Kier alpha value is -2.96. The molecule has 6 nitrogen and oxygen atoms in total. The number of halogens is 1. The van der Waals surface area contributed by atoms with Crippen LogP contribution in [0.4, 0.5) is 10.2 Å². The summed E-state index contributed by atoms with van der Waals surface area (Å²) >= 11 is 0. The molecule has 0 spiro atoms. The highest BCUT2D eigenvalue weighted by Crippen LogP contribution is 2.43. The van der Waals surface area contributed by atoms with Crippen molar-refractivity contribution in [2.24, 2.45) is 0 Å². The number of anilines is 1. The molecule has 5 rings (SSSR count). The highest BCUT2D eigenvalue weighted by atomic mass is 19.1. The summed E-state index contributed by atoms with van der Waals surface area (Å²) in [6, 6.07) is 7.08. The minimum absolute atomic E-state index is 0.0412. The third kappa shape index (κ3) is 3.04. The Morgan fingerprint density at radius 3 is 2.73 bits per heavy atom. The molecule has 2 aromatic heterocycles. The van der Waals surface area contributed by atoms with Crippen molar-refractivity contribution in [3.63, 3.8) is 0 Å². The molecule has 3 aromatic rings. The maximum Gasteiger partial charge on any atom is 0.253 e. The second-order valence-electron chi connectivity index (χ2n) is 9.00. The number of nitrogens with one attached hydrogen (secondary N) is 1. The number of nitrogens with zero attached hydrogens (tertiary/aromatic N) is 3. The number of alkyl halides is 1. The lowest BCUT2D eigenvalue weighted by Gasteiger charge is -2.20. The zero-order chi connectivity index (χ0) is 21.3. The van der Waals surface area contributed by atoms with Gasteiger partial charge in [0.25, 0.3) is 5.56 Å². The Balaban J connectivity index is 1.54. The summed E-state index contributed by atoms with van der Waals surface area (Å²) in [4.78, 5) is 21.7. The number of hydrogen-bond acceptors (Lipinski definition) is 5. The van der Waals surface area contributed by atoms with E-state index in [0.717, 1.165) is 23.8 Å². The quantitative estimate of drug-likeness (QED) is 0.695. The van der Waals surface area contributed by atoms with Crippen molar-refractivity contribution in [3.8, 4) is 5.75 Å². The molecule has 0 bridgehead atoms. The first-order valence-electron chi connectivity index (χ1n) is 10.3. The number of benzene rings is 1. The largest absolute Gasteiger partial charge is 0.489 e. The molecule has 7 heteroatoms. The monoisotopic (exact) mass is 408 g/mol. The molecule has 1 aliphatic carbocycles. The first-order chi connectivity index (χ1) is 14.2. The molecule has 1 fully saturated rings. The molecule has 1 N–H and O–H groups in total. The molecular weight excluding hydrogens is 383 g/mol. The molecule has 1 unspecified atom stereocenters. The van der Waals surface area contributed by atoms with Crippen LogP contribution < -0.4 is 15.6 Å². The lowest BCUT2D eigenvalue weighted by atomic mass is 9.96. The minimum Gasteiger partial charge on any atom is -0.489 e. The molecule has 3 heterocycles. The van der Waals surface area contributed by atoms with Crippen molar-refractivity contribution < 1.29 is 9.13 Å². The molecule has 1 saturated carbocycles. The lowest BCUT2D eigenvalue weighted by molar-refractivity contribution is 0.141. The zero-order valence-corrected chi connectivity index (χ0v) is 17.6. The van der Waals surface area contributed by atoms with Crippen LogP contribution in [0.25, 0.3) is 10.9 Å². The van der Waals surface area contributed by atoms with Crippen LogP contribution >= 0.6 is 0 Å². The van der Waals surface area contributed by atoms with Gasteiger partial charge in [-0.1, -0.05) is 6.07 Å². The van der Waals surface area contributed by atoms with Crippen molar-refractivity contribution in [2.75, 3.05) is 11.9 Å². The predicted octanol–water partition coefficient (Wildman–Crippen LogP) is 4.36. The summed E-state index contributed by atoms with van der Waals surface area (Å²) in [5, 5.41) is 4.25. The third-order valence-electron chi connectivity index (χ3n) is 6.32. The highest BCUT2D eigenvalue weighted by Gasteiger charge is 2.40. The van der Waals surface area contributed by atoms with Crippen LogP contribution in [0.2, 0.25) is 0 Å². The van der Waals surface area contributed by atoms with E-state index in [4.69, 9.17) is 4.74 Å². The molecule has 156 valence electrons. The number of hydrogen-bond donors (Lipinski definition) is 1. The van der Waals surface area contributed by atoms with Gasteiger partial charge in [-0.2, -0.15) is 0 Å². The van der Waals surface area contributed by atoms with Crippen LogP contribution in [-0.4, -0.2) is 21.1 Å². The van der Waals surface area contributed by atoms with Gasteiger partial charge in [-0.05, 0) is 58.2 Å². The Morgan fingerprint density at radius 2 is 2.00 bits per heavy atom. The number of rotatable bonds is 4. The lowest BCUT2D eigenvalue weighted by Crippen LogP contribution is -2.27. The van der Waals surface area contributed by atoms with Crippen LogP contribution in [0.15, 0.2) is 35.3 Å². The van der Waals surface area contributed by atoms with Gasteiger partial charge >= 0.3 is 0 Å². The molecule has 0 radical (unpaired) electrons. The molecule has 2 atom stereocenters. The predicted molar refractivity (Wildman–Crippen MR) is 114 cm³/mol. The number of aromatic nitrogens is 3. The zero-order valence-electron chi connectivity index (χ0n) is 17.6. The van der Waals surface area contributed by atoms with Gasteiger partial charge in [-0.25, -0.2) is 14.4 Å². The number of fused-ring (bicyclic) bond motifs is 2. The maximum absolute atomic E-state index is 14.7. The van der Waals surface area contributed by atoms with Crippen LogP contribution in [0.1, 0.15) is 56.6 Å². The van der Waals surface area contributed by atoms with Gasteiger partial charge in [0.1, 0.15) is 24.0 Å². The van der Waals surface area contributed by atoms with Gasteiger partial charge in [0, 0.05) is 29.4 Å². The second-order valence-corrected chi connectivity index (χ2v) is 9.00. The van der Waals surface area contributed by atoms with Crippen molar-refractivity contribution in [2.45, 2.75) is 57.8 Å². The van der Waals surface area contributed by atoms with Gasteiger partial charge in [0.2, 0.25) is 0 Å². The summed E-state index contributed by atoms with van der Waals surface area (Å²) in [7, 11) is 0. The average Bonchev–Trinajstić information content (AvgIpc) is 3.36. The Morgan fingerprint density at radius 1 is 1.23 bits per heavy atom. The van der Waals surface area contributed by atoms with Gasteiger partial charge in [-0.15, -0.1) is 0 Å². The molecule has 1 aromatic carbocycles. The number of aryl methyl sites for hydroxylation is 1. The van der Waals surface area contributed by atoms with E-state index in [2.05, 4.69) is 22.2 Å². The van der Waals surface area contributed by atoms with E-state index >= 15 is 0 Å². The van der Waals surface area contributed by atoms with Crippen molar-refractivity contribution in [1.29, 1.82) is 0 Å². The Kier molecular flexibility index (Phi) is 3.98. The van der Waals surface area contributed by atoms with Gasteiger partial charge < -0.3 is 14.6 Å². The normalized spacial score (nSPS) is 22.4. The summed E-state index contributed by atoms with van der Waals surface area (Å²) < 4.78 is 22.0. The molecule has 1 aliphatic heterocycles. The van der Waals surface area contributed by atoms with E-state index in [-0.39, 0.29) is 23.7 Å². The highest BCUT2D eigenvalue weighted by molar-refractivity contribution is 5.88. The van der Waals surface area contributed by atoms with E-state index in [0.29, 0.717) is 28.5 Å². The number of pyridine rings is 1. The molecule has 0 saturated heterocycles. The molecule has 30 heavy (non-hydrogen) atoms. The Labute approximate surface area is 174 Å². The van der Waals surface area contributed by atoms with Crippen molar-refractivity contribution in [1.82, 2.24) is 14.5 Å². The first-order valence-corrected chi connectivity index (χ1v) is 10.3. The summed E-state index contributed by atoms with van der Waals surface area (Å²) in [6.45, 7) is 7.49. The molecular formula is C23H25FN4O2. The summed E-state index contributed by atoms with van der Waals surface area (Å²) in [6.07, 6.45) is 3.85. The van der Waals surface area contributed by atoms with E-state index in [1.165, 1.54) is 0 Å². The van der Waals surface area contributed by atoms with Crippen LogP contribution in [0.5, 0.6) is 5.75 Å². The van der Waals surface area contributed by atoms with Gasteiger partial charge in [0.05, 0.1) is 10.9 Å². The Bertz CT molecular complexity index is 1230. The van der Waals surface area contributed by atoms with Gasteiger partial charge in [0.15, 0.2) is 5.67 Å². The van der Waals surface area contributed by atoms with Crippen LogP contribution in [0.3, 0.4) is 0 Å². The first kappa shape index (κ1) is 19.0. The standard InChI is InChI=1S/C23H25FN4O2/c1-13(15-5-6-19-17(9-15)23(4,24)12-30-19)25-21-16-11-28(22(3)7-8-22)20(29)10-18(16)26-14(2)27-21/h5-6,9-11,13H,7-8,12H2,1-4H3,(H,25,26,27)/t13-,23?/m1/s1. The third-order valence-corrected chi connectivity index (χ3v) is 6.32. The fraction of sp³-hybridized carbons (Fsp3) is 0.435. The second kappa shape index (κ2) is 6.27. The molecule has 2 aliphatic rings. The summed E-state index contributed by atoms with van der Waals surface area (Å²) in [5.41, 5.74) is 0.494. The molecule has 0 amide bonds. The van der Waals surface area contributed by atoms with Crippen molar-refractivity contribution >= 4 is 16.7 Å². The van der Waals surface area contributed by atoms with E-state index < -0.39 is 5.67 Å². The maximum atomic E-state index is 14.7. The fourth-order valence-electron chi connectivity index (χ4n) is 4.10. The van der Waals surface area contributed by atoms with Gasteiger partial charge in [-0.3, -0.25) is 4.79 Å². The SMILES string of the molecule is Cc1nc(N[C@H](C)c2ccc3c(c2)C(C)(F)CO3)c2cn(C3(C)CC3)c(=O)cc2n1. The number of ether oxygens (including phenoxy) is 1. The topological polar surface area (TPSA) is 69.0 Å². The fourth-order valence-corrected chi connectivity index (χ4v) is 4.10.